The monoisotopic (exact) mass is 381 g/mol. The van der Waals surface area contributed by atoms with Gasteiger partial charge in [-0.2, -0.15) is 0 Å². The van der Waals surface area contributed by atoms with Gasteiger partial charge in [0.1, 0.15) is 12.4 Å². The average molecular weight is 381 g/mol. The van der Waals surface area contributed by atoms with E-state index in [0.29, 0.717) is 6.61 Å². The molecule has 3 heterocycles. The van der Waals surface area contributed by atoms with E-state index in [-0.39, 0.29) is 12.1 Å². The number of ether oxygens (including phenoxy) is 2. The van der Waals surface area contributed by atoms with E-state index in [1.807, 2.05) is 41.4 Å². The third kappa shape index (κ3) is 4.44. The third-order valence-electron chi connectivity index (χ3n) is 5.43. The molecule has 28 heavy (non-hydrogen) atoms. The fourth-order valence-corrected chi connectivity index (χ4v) is 3.87. The molecule has 2 fully saturated rings. The number of anilines is 1. The summed E-state index contributed by atoms with van der Waals surface area (Å²) >= 11 is 0. The first-order valence-corrected chi connectivity index (χ1v) is 10.1. The Kier molecular flexibility index (Phi) is 6.07. The van der Waals surface area contributed by atoms with E-state index < -0.39 is 0 Å². The first-order chi connectivity index (χ1) is 13.8. The highest BCUT2D eigenvalue weighted by molar-refractivity contribution is 5.68. The maximum Gasteiger partial charge on any atom is 0.410 e. The Morgan fingerprint density at radius 1 is 1.07 bits per heavy atom. The molecule has 6 heteroatoms. The van der Waals surface area contributed by atoms with Crippen LogP contribution in [0.25, 0.3) is 0 Å². The minimum atomic E-state index is -0.245. The molecule has 4 rings (SSSR count). The number of piperidine rings is 1. The molecule has 2 aliphatic rings. The molecule has 2 aliphatic heterocycles. The summed E-state index contributed by atoms with van der Waals surface area (Å²) in [6, 6.07) is 14.0. The van der Waals surface area contributed by atoms with Crippen LogP contribution in [-0.4, -0.2) is 48.8 Å². The van der Waals surface area contributed by atoms with Crippen LogP contribution in [0.3, 0.4) is 0 Å². The van der Waals surface area contributed by atoms with E-state index in [1.165, 1.54) is 0 Å². The molecule has 1 aromatic heterocycles. The molecule has 1 aromatic carbocycles. The summed E-state index contributed by atoms with van der Waals surface area (Å²) < 4.78 is 11.0. The molecule has 1 amide bonds. The molecule has 1 atom stereocenters. The standard InChI is InChI=1S/C22H27N3O3/c26-22(28-17-18-6-2-1-3-7-18)25-11-5-4-8-20(25)19-9-10-21(23-16-19)24-12-14-27-15-13-24/h1-3,6-7,9-10,16,20H,4-5,8,11-15,17H2. The summed E-state index contributed by atoms with van der Waals surface area (Å²) in [5.41, 5.74) is 2.08. The van der Waals surface area contributed by atoms with Gasteiger partial charge >= 0.3 is 6.09 Å². The van der Waals surface area contributed by atoms with Crippen molar-refractivity contribution in [3.63, 3.8) is 0 Å². The van der Waals surface area contributed by atoms with E-state index in [9.17, 15) is 4.79 Å². The van der Waals surface area contributed by atoms with Crippen molar-refractivity contribution in [2.24, 2.45) is 0 Å². The molecular formula is C22H27N3O3. The number of morpholine rings is 1. The summed E-state index contributed by atoms with van der Waals surface area (Å²) in [4.78, 5) is 21.5. The number of hydrogen-bond acceptors (Lipinski definition) is 5. The molecule has 0 N–H and O–H groups in total. The van der Waals surface area contributed by atoms with E-state index in [0.717, 1.165) is 69.1 Å². The van der Waals surface area contributed by atoms with Crippen molar-refractivity contribution in [3.05, 3.63) is 59.8 Å². The van der Waals surface area contributed by atoms with Crippen LogP contribution >= 0.6 is 0 Å². The lowest BCUT2D eigenvalue weighted by atomic mass is 9.97. The number of carbonyl (C=O) groups is 1. The minimum absolute atomic E-state index is 0.0308. The number of likely N-dealkylation sites (tertiary alicyclic amines) is 1. The van der Waals surface area contributed by atoms with Gasteiger partial charge in [0.2, 0.25) is 0 Å². The van der Waals surface area contributed by atoms with Gasteiger partial charge in [-0.3, -0.25) is 0 Å². The van der Waals surface area contributed by atoms with Crippen LogP contribution in [-0.2, 0) is 16.1 Å². The van der Waals surface area contributed by atoms with Gasteiger partial charge in [-0.1, -0.05) is 36.4 Å². The molecule has 2 aromatic rings. The van der Waals surface area contributed by atoms with Crippen LogP contribution in [0.1, 0.15) is 36.4 Å². The van der Waals surface area contributed by atoms with Crippen molar-refractivity contribution in [3.8, 4) is 0 Å². The lowest BCUT2D eigenvalue weighted by Crippen LogP contribution is -2.39. The number of nitrogens with zero attached hydrogens (tertiary/aromatic N) is 3. The summed E-state index contributed by atoms with van der Waals surface area (Å²) in [5.74, 6) is 0.973. The normalized spacial score (nSPS) is 20.1. The summed E-state index contributed by atoms with van der Waals surface area (Å²) in [6.07, 6.45) is 4.73. The first kappa shape index (κ1) is 18.7. The Morgan fingerprint density at radius 3 is 2.64 bits per heavy atom. The number of rotatable bonds is 4. The van der Waals surface area contributed by atoms with Gasteiger partial charge in [-0.15, -0.1) is 0 Å². The molecule has 0 radical (unpaired) electrons. The zero-order valence-corrected chi connectivity index (χ0v) is 16.1. The molecule has 148 valence electrons. The van der Waals surface area contributed by atoms with Gasteiger partial charge in [-0.05, 0) is 36.5 Å². The van der Waals surface area contributed by atoms with Crippen molar-refractivity contribution in [2.45, 2.75) is 31.9 Å². The number of aromatic nitrogens is 1. The second kappa shape index (κ2) is 9.06. The zero-order chi connectivity index (χ0) is 19.2. The highest BCUT2D eigenvalue weighted by Crippen LogP contribution is 2.32. The van der Waals surface area contributed by atoms with Crippen LogP contribution in [0.5, 0.6) is 0 Å². The highest BCUT2D eigenvalue weighted by atomic mass is 16.6. The Labute approximate surface area is 166 Å². The number of amides is 1. The molecule has 0 spiro atoms. The van der Waals surface area contributed by atoms with Crippen LogP contribution in [0.15, 0.2) is 48.7 Å². The Bertz CT molecular complexity index is 760. The number of benzene rings is 1. The quantitative estimate of drug-likeness (QED) is 0.807. The molecule has 6 nitrogen and oxygen atoms in total. The molecule has 0 saturated carbocycles. The third-order valence-corrected chi connectivity index (χ3v) is 5.43. The second-order valence-electron chi connectivity index (χ2n) is 7.29. The Morgan fingerprint density at radius 2 is 1.89 bits per heavy atom. The van der Waals surface area contributed by atoms with Gasteiger partial charge < -0.3 is 19.3 Å². The van der Waals surface area contributed by atoms with E-state index in [4.69, 9.17) is 9.47 Å². The van der Waals surface area contributed by atoms with Gasteiger partial charge in [0.25, 0.3) is 0 Å². The highest BCUT2D eigenvalue weighted by Gasteiger charge is 2.29. The lowest BCUT2D eigenvalue weighted by Gasteiger charge is -2.35. The summed E-state index contributed by atoms with van der Waals surface area (Å²) in [7, 11) is 0. The molecule has 1 unspecified atom stereocenters. The van der Waals surface area contributed by atoms with Crippen LogP contribution in [0.2, 0.25) is 0 Å². The van der Waals surface area contributed by atoms with Crippen molar-refractivity contribution in [2.75, 3.05) is 37.7 Å². The van der Waals surface area contributed by atoms with E-state index >= 15 is 0 Å². The topological polar surface area (TPSA) is 54.9 Å². The van der Waals surface area contributed by atoms with Gasteiger partial charge in [0.05, 0.1) is 19.3 Å². The van der Waals surface area contributed by atoms with E-state index in [1.54, 1.807) is 0 Å². The first-order valence-electron chi connectivity index (χ1n) is 10.1. The molecule has 2 saturated heterocycles. The molecule has 0 aliphatic carbocycles. The Hall–Kier alpha value is -2.60. The largest absolute Gasteiger partial charge is 0.445 e. The maximum absolute atomic E-state index is 12.7. The van der Waals surface area contributed by atoms with Gasteiger partial charge in [0.15, 0.2) is 0 Å². The minimum Gasteiger partial charge on any atom is -0.445 e. The average Bonchev–Trinajstić information content (AvgIpc) is 2.79. The number of carbonyl (C=O) groups excluding carboxylic acids is 1. The van der Waals surface area contributed by atoms with Crippen molar-refractivity contribution >= 4 is 11.9 Å². The van der Waals surface area contributed by atoms with Crippen LogP contribution in [0, 0.1) is 0 Å². The summed E-state index contributed by atoms with van der Waals surface area (Å²) in [6.45, 7) is 4.25. The number of pyridine rings is 1. The molecule has 0 bridgehead atoms. The number of hydrogen-bond donors (Lipinski definition) is 0. The van der Waals surface area contributed by atoms with E-state index in [2.05, 4.69) is 22.0 Å². The smallest absolute Gasteiger partial charge is 0.410 e. The van der Waals surface area contributed by atoms with Crippen LogP contribution < -0.4 is 4.90 Å². The zero-order valence-electron chi connectivity index (χ0n) is 16.1. The van der Waals surface area contributed by atoms with Crippen LogP contribution in [0.4, 0.5) is 10.6 Å². The lowest BCUT2D eigenvalue weighted by molar-refractivity contribution is 0.0678. The summed E-state index contributed by atoms with van der Waals surface area (Å²) in [5, 5.41) is 0. The van der Waals surface area contributed by atoms with Crippen molar-refractivity contribution < 1.29 is 14.3 Å². The molecular weight excluding hydrogens is 354 g/mol. The maximum atomic E-state index is 12.7. The second-order valence-corrected chi connectivity index (χ2v) is 7.29. The fraction of sp³-hybridized carbons (Fsp3) is 0.455. The predicted octanol–water partition coefficient (Wildman–Crippen LogP) is 3.78. The van der Waals surface area contributed by atoms with Crippen molar-refractivity contribution in [1.29, 1.82) is 0 Å². The predicted molar refractivity (Wildman–Crippen MR) is 107 cm³/mol. The Balaban J connectivity index is 1.42. The fourth-order valence-electron chi connectivity index (χ4n) is 3.87. The van der Waals surface area contributed by atoms with Crippen molar-refractivity contribution in [1.82, 2.24) is 9.88 Å². The van der Waals surface area contributed by atoms with Gasteiger partial charge in [0, 0.05) is 25.8 Å². The van der Waals surface area contributed by atoms with Gasteiger partial charge in [-0.25, -0.2) is 9.78 Å². The SMILES string of the molecule is O=C(OCc1ccccc1)N1CCCCC1c1ccc(N2CCOCC2)nc1.